The van der Waals surface area contributed by atoms with Crippen molar-refractivity contribution in [2.45, 2.75) is 81.0 Å². The Bertz CT molecular complexity index is 1120. The summed E-state index contributed by atoms with van der Waals surface area (Å²) in [7, 11) is 0. The van der Waals surface area contributed by atoms with Crippen molar-refractivity contribution in [1.82, 2.24) is 14.7 Å². The minimum absolute atomic E-state index is 0.00716. The highest BCUT2D eigenvalue weighted by Crippen LogP contribution is 2.67. The topological polar surface area (TPSA) is 81.2 Å². The zero-order valence-corrected chi connectivity index (χ0v) is 25.2. The van der Waals surface area contributed by atoms with Crippen molar-refractivity contribution < 1.29 is 19.5 Å². The number of carbonyl (C=O) groups is 3. The second kappa shape index (κ2) is 12.1. The number of hydrogen-bond donors (Lipinski definition) is 1. The van der Waals surface area contributed by atoms with Gasteiger partial charge in [0, 0.05) is 30.4 Å². The fourth-order valence-electron chi connectivity index (χ4n) is 7.08. The van der Waals surface area contributed by atoms with E-state index in [-0.39, 0.29) is 29.6 Å². The number of nitrogens with zero attached hydrogens (tertiary/aromatic N) is 3. The van der Waals surface area contributed by atoms with Crippen LogP contribution in [0.3, 0.4) is 0 Å². The molecule has 0 saturated carbocycles. The molecule has 1 aromatic carbocycles. The lowest BCUT2D eigenvalue weighted by atomic mass is 9.70. The molecule has 2 bridgehead atoms. The number of carbonyl (C=O) groups excluding carboxylic acids is 3. The van der Waals surface area contributed by atoms with Gasteiger partial charge in [-0.2, -0.15) is 0 Å². The molecular weight excluding hydrogens is 522 g/mol. The summed E-state index contributed by atoms with van der Waals surface area (Å²) in [5.41, 5.74) is 0.486. The van der Waals surface area contributed by atoms with Gasteiger partial charge in [0.1, 0.15) is 6.04 Å². The molecule has 0 aliphatic carbocycles. The van der Waals surface area contributed by atoms with Crippen LogP contribution in [0.25, 0.3) is 0 Å². The maximum absolute atomic E-state index is 14.6. The van der Waals surface area contributed by atoms with Gasteiger partial charge >= 0.3 is 0 Å². The van der Waals surface area contributed by atoms with E-state index in [0.717, 1.165) is 18.4 Å². The largest absolute Gasteiger partial charge is 0.394 e. The lowest BCUT2D eigenvalue weighted by Crippen LogP contribution is -2.61. The highest BCUT2D eigenvalue weighted by Gasteiger charge is 2.74. The normalized spacial score (nSPS) is 27.8. The van der Waals surface area contributed by atoms with Crippen molar-refractivity contribution in [2.75, 3.05) is 26.2 Å². The predicted octanol–water partition coefficient (Wildman–Crippen LogP) is 3.92. The molecule has 7 nitrogen and oxygen atoms in total. The van der Waals surface area contributed by atoms with E-state index >= 15 is 0 Å². The first-order chi connectivity index (χ1) is 19.0. The Kier molecular flexibility index (Phi) is 9.20. The van der Waals surface area contributed by atoms with Gasteiger partial charge in [-0.25, -0.2) is 0 Å². The van der Waals surface area contributed by atoms with E-state index in [1.807, 2.05) is 62.9 Å². The third-order valence-corrected chi connectivity index (χ3v) is 10.7. The van der Waals surface area contributed by atoms with E-state index in [4.69, 9.17) is 0 Å². The lowest BCUT2D eigenvalue weighted by molar-refractivity contribution is -0.148. The zero-order valence-electron chi connectivity index (χ0n) is 24.4. The van der Waals surface area contributed by atoms with Crippen molar-refractivity contribution >= 4 is 29.5 Å². The molecule has 3 amide bonds. The van der Waals surface area contributed by atoms with Gasteiger partial charge in [0.05, 0.1) is 29.2 Å². The Hall–Kier alpha value is -2.58. The fourth-order valence-corrected chi connectivity index (χ4v) is 9.27. The first kappa shape index (κ1) is 30.4. The molecule has 3 aliphatic rings. The highest BCUT2D eigenvalue weighted by atomic mass is 32.2. The molecule has 3 saturated heterocycles. The summed E-state index contributed by atoms with van der Waals surface area (Å²) in [4.78, 5) is 48.5. The number of rotatable bonds is 12. The molecule has 1 spiro atoms. The van der Waals surface area contributed by atoms with E-state index in [0.29, 0.717) is 32.5 Å². The van der Waals surface area contributed by atoms with Gasteiger partial charge in [-0.1, -0.05) is 49.4 Å². The summed E-state index contributed by atoms with van der Waals surface area (Å²) >= 11 is 1.67. The molecular formula is C32H45N3O4S. The molecule has 40 heavy (non-hydrogen) atoms. The molecule has 3 heterocycles. The van der Waals surface area contributed by atoms with Gasteiger partial charge in [-0.3, -0.25) is 14.4 Å². The standard InChI is InChI=1S/C32H45N3O4S/c1-7-17-33(18-8-2)28(37)25-24-15-16-32(40-24)26(25)29(38)35(23(21-36)20-22-13-11-10-12-14-22)27(32)30(39)34(19-9-3)31(4,5)6/h7,9-14,23-27,36H,1,3,8,15-21H2,2,4-6H3/t23-,24+,25-,26+,27?,32?/m1/s1. The molecule has 3 aliphatic heterocycles. The van der Waals surface area contributed by atoms with E-state index in [1.54, 1.807) is 33.7 Å². The molecule has 0 radical (unpaired) electrons. The molecule has 3 fully saturated rings. The molecule has 1 N–H and O–H groups in total. The lowest BCUT2D eigenvalue weighted by Gasteiger charge is -2.43. The first-order valence-electron chi connectivity index (χ1n) is 14.5. The van der Waals surface area contributed by atoms with E-state index in [2.05, 4.69) is 13.2 Å². The van der Waals surface area contributed by atoms with Gasteiger partial charge < -0.3 is 19.8 Å². The Morgan fingerprint density at radius 3 is 2.42 bits per heavy atom. The molecule has 2 unspecified atom stereocenters. The summed E-state index contributed by atoms with van der Waals surface area (Å²) in [5, 5.41) is 10.7. The highest BCUT2D eigenvalue weighted by molar-refractivity contribution is 8.02. The number of likely N-dealkylation sites (tertiary alicyclic amines) is 1. The van der Waals surface area contributed by atoms with Crippen LogP contribution in [0.2, 0.25) is 0 Å². The average Bonchev–Trinajstić information content (AvgIpc) is 3.57. The second-order valence-electron chi connectivity index (χ2n) is 12.3. The van der Waals surface area contributed by atoms with Crippen molar-refractivity contribution in [1.29, 1.82) is 0 Å². The summed E-state index contributed by atoms with van der Waals surface area (Å²) in [6.45, 7) is 16.8. The number of fused-ring (bicyclic) bond motifs is 1. The number of aliphatic hydroxyl groups is 1. The first-order valence-corrected chi connectivity index (χ1v) is 15.4. The number of benzene rings is 1. The van der Waals surface area contributed by atoms with Gasteiger partial charge in [-0.05, 0) is 52.0 Å². The molecule has 6 atom stereocenters. The van der Waals surface area contributed by atoms with Gasteiger partial charge in [-0.15, -0.1) is 24.9 Å². The van der Waals surface area contributed by atoms with Gasteiger partial charge in [0.15, 0.2) is 0 Å². The van der Waals surface area contributed by atoms with Crippen LogP contribution in [0.15, 0.2) is 55.6 Å². The van der Waals surface area contributed by atoms with Crippen molar-refractivity contribution in [2.24, 2.45) is 11.8 Å². The van der Waals surface area contributed by atoms with E-state index in [1.165, 1.54) is 0 Å². The summed E-state index contributed by atoms with van der Waals surface area (Å²) in [5.74, 6) is -1.42. The number of aliphatic hydroxyl groups excluding tert-OH is 1. The second-order valence-corrected chi connectivity index (χ2v) is 13.9. The Morgan fingerprint density at radius 2 is 1.85 bits per heavy atom. The number of amides is 3. The summed E-state index contributed by atoms with van der Waals surface area (Å²) < 4.78 is -0.708. The average molecular weight is 568 g/mol. The molecule has 1 aromatic rings. The van der Waals surface area contributed by atoms with Gasteiger partial charge in [0.2, 0.25) is 17.7 Å². The van der Waals surface area contributed by atoms with Crippen LogP contribution in [0.5, 0.6) is 0 Å². The van der Waals surface area contributed by atoms with E-state index < -0.39 is 34.2 Å². The summed E-state index contributed by atoms with van der Waals surface area (Å²) in [6, 6.07) is 8.41. The molecule has 218 valence electrons. The van der Waals surface area contributed by atoms with Crippen LogP contribution in [-0.4, -0.2) is 91.4 Å². The quantitative estimate of drug-likeness (QED) is 0.388. The third kappa shape index (κ3) is 5.25. The van der Waals surface area contributed by atoms with Crippen molar-refractivity contribution in [3.63, 3.8) is 0 Å². The monoisotopic (exact) mass is 567 g/mol. The molecule has 0 aromatic heterocycles. The minimum atomic E-state index is -0.767. The zero-order chi connectivity index (χ0) is 29.2. The smallest absolute Gasteiger partial charge is 0.247 e. The van der Waals surface area contributed by atoms with Crippen LogP contribution in [-0.2, 0) is 20.8 Å². The fraction of sp³-hybridized carbons (Fsp3) is 0.594. The Labute approximate surface area is 243 Å². The Balaban J connectivity index is 1.81. The predicted molar refractivity (Wildman–Crippen MR) is 161 cm³/mol. The molecule has 4 rings (SSSR count). The van der Waals surface area contributed by atoms with Crippen LogP contribution in [0.1, 0.15) is 52.5 Å². The molecule has 8 heteroatoms. The maximum Gasteiger partial charge on any atom is 0.247 e. The third-order valence-electron chi connectivity index (χ3n) is 8.72. The Morgan fingerprint density at radius 1 is 1.18 bits per heavy atom. The van der Waals surface area contributed by atoms with Gasteiger partial charge in [0.25, 0.3) is 0 Å². The van der Waals surface area contributed by atoms with Crippen LogP contribution in [0, 0.1) is 11.8 Å². The SMILES string of the molecule is C=CCN(CCC)C(=O)[C@@H]1[C@@H]2CCC3(S2)C(C(=O)N(CC=C)C(C)(C)C)N([C@@H](CO)Cc2ccccc2)C(=O)[C@H]13. The van der Waals surface area contributed by atoms with Crippen molar-refractivity contribution in [3.8, 4) is 0 Å². The van der Waals surface area contributed by atoms with Crippen LogP contribution < -0.4 is 0 Å². The number of thioether (sulfide) groups is 1. The van der Waals surface area contributed by atoms with Crippen LogP contribution in [0.4, 0.5) is 0 Å². The van der Waals surface area contributed by atoms with E-state index in [9.17, 15) is 19.5 Å². The van der Waals surface area contributed by atoms with Crippen molar-refractivity contribution in [3.05, 3.63) is 61.2 Å². The number of hydrogen-bond acceptors (Lipinski definition) is 5. The summed E-state index contributed by atoms with van der Waals surface area (Å²) in [6.07, 6.45) is 6.17. The minimum Gasteiger partial charge on any atom is -0.394 e. The maximum atomic E-state index is 14.6. The van der Waals surface area contributed by atoms with Crippen LogP contribution >= 0.6 is 11.8 Å².